The lowest BCUT2D eigenvalue weighted by molar-refractivity contribution is -0.384. The van der Waals surface area contributed by atoms with E-state index < -0.39 is 28.0 Å². The summed E-state index contributed by atoms with van der Waals surface area (Å²) in [5.74, 6) is -1.45. The topological polar surface area (TPSA) is 72.2 Å². The van der Waals surface area contributed by atoms with E-state index in [2.05, 4.69) is 21.2 Å². The molecule has 1 aromatic heterocycles. The molecule has 2 rings (SSSR count). The van der Waals surface area contributed by atoms with E-state index in [4.69, 9.17) is 0 Å². The predicted molar refractivity (Wildman–Crippen MR) is 73.0 cm³/mol. The Bertz CT molecular complexity index is 659. The number of carbonyl (C=O) groups is 1. The normalized spacial score (nSPS) is 10.2. The minimum absolute atomic E-state index is 0.317. The number of nitrogens with one attached hydrogen (secondary N) is 1. The Labute approximate surface area is 119 Å². The lowest BCUT2D eigenvalue weighted by atomic mass is 10.2. The van der Waals surface area contributed by atoms with Gasteiger partial charge in [-0.25, -0.2) is 4.39 Å². The summed E-state index contributed by atoms with van der Waals surface area (Å²) in [6, 6.07) is 5.05. The van der Waals surface area contributed by atoms with Gasteiger partial charge >= 0.3 is 0 Å². The van der Waals surface area contributed by atoms with Crippen molar-refractivity contribution in [3.8, 4) is 0 Å². The molecule has 1 heterocycles. The van der Waals surface area contributed by atoms with Gasteiger partial charge in [0.2, 0.25) is 0 Å². The Balaban J connectivity index is 2.36. The minimum atomic E-state index is -0.852. The van der Waals surface area contributed by atoms with Gasteiger partial charge < -0.3 is 5.32 Å². The number of nitrogens with zero attached hydrogens (tertiary/aromatic N) is 1. The fourth-order valence-electron chi connectivity index (χ4n) is 1.41. The third kappa shape index (κ3) is 2.79. The van der Waals surface area contributed by atoms with Gasteiger partial charge in [0.05, 0.1) is 4.92 Å². The molecule has 98 valence electrons. The molecule has 0 spiro atoms. The van der Waals surface area contributed by atoms with Crippen molar-refractivity contribution in [1.29, 1.82) is 0 Å². The molecule has 8 heteroatoms. The Hall–Kier alpha value is -1.80. The van der Waals surface area contributed by atoms with Gasteiger partial charge in [-0.1, -0.05) is 6.07 Å². The maximum Gasteiger partial charge on any atom is 0.295 e. The van der Waals surface area contributed by atoms with Gasteiger partial charge in [-0.3, -0.25) is 14.9 Å². The molecule has 0 saturated carbocycles. The number of nitro groups is 1. The second kappa shape index (κ2) is 5.45. The second-order valence-electron chi connectivity index (χ2n) is 3.44. The quantitative estimate of drug-likeness (QED) is 0.679. The number of amides is 1. The van der Waals surface area contributed by atoms with Crippen molar-refractivity contribution >= 4 is 44.5 Å². The van der Waals surface area contributed by atoms with Crippen LogP contribution in [0.15, 0.2) is 34.1 Å². The Kier molecular flexibility index (Phi) is 3.91. The highest BCUT2D eigenvalue weighted by molar-refractivity contribution is 9.10. The predicted octanol–water partition coefficient (Wildman–Crippen LogP) is 3.81. The summed E-state index contributed by atoms with van der Waals surface area (Å²) in [5, 5.41) is 14.7. The van der Waals surface area contributed by atoms with Gasteiger partial charge in [0.25, 0.3) is 11.6 Å². The number of carbonyl (C=O) groups excluding carboxylic acids is 1. The summed E-state index contributed by atoms with van der Waals surface area (Å²) in [6.07, 6.45) is 0. The van der Waals surface area contributed by atoms with E-state index in [1.807, 2.05) is 0 Å². The zero-order valence-electron chi connectivity index (χ0n) is 9.22. The molecule has 0 radical (unpaired) electrons. The molecule has 0 unspecified atom stereocenters. The summed E-state index contributed by atoms with van der Waals surface area (Å²) in [4.78, 5) is 22.3. The van der Waals surface area contributed by atoms with Crippen molar-refractivity contribution in [2.24, 2.45) is 0 Å². The van der Waals surface area contributed by atoms with E-state index in [0.717, 1.165) is 23.5 Å². The number of hydrogen-bond donors (Lipinski definition) is 1. The van der Waals surface area contributed by atoms with Gasteiger partial charge in [0, 0.05) is 10.5 Å². The molecular formula is C11H6BrFN2O3S. The lowest BCUT2D eigenvalue weighted by Crippen LogP contribution is -2.13. The fraction of sp³-hybridized carbons (Fsp3) is 0. The molecule has 0 atom stereocenters. The number of hydrogen-bond acceptors (Lipinski definition) is 4. The monoisotopic (exact) mass is 344 g/mol. The molecule has 0 aliphatic rings. The van der Waals surface area contributed by atoms with E-state index in [0.29, 0.717) is 9.35 Å². The first-order valence-corrected chi connectivity index (χ1v) is 6.65. The van der Waals surface area contributed by atoms with Crippen molar-refractivity contribution in [2.75, 3.05) is 5.32 Å². The maximum atomic E-state index is 13.6. The van der Waals surface area contributed by atoms with E-state index in [1.54, 1.807) is 11.4 Å². The average molecular weight is 345 g/mol. The second-order valence-corrected chi connectivity index (χ2v) is 5.21. The zero-order chi connectivity index (χ0) is 14.0. The van der Waals surface area contributed by atoms with Gasteiger partial charge in [-0.2, -0.15) is 0 Å². The van der Waals surface area contributed by atoms with Crippen LogP contribution in [0, 0.1) is 15.9 Å². The summed E-state index contributed by atoms with van der Waals surface area (Å²) >= 11 is 4.31. The van der Waals surface area contributed by atoms with Gasteiger partial charge in [-0.15, -0.1) is 11.3 Å². The number of halogens is 2. The number of benzene rings is 1. The number of para-hydroxylation sites is 1. The van der Waals surface area contributed by atoms with Gasteiger partial charge in [0.15, 0.2) is 11.5 Å². The molecule has 1 aromatic carbocycles. The average Bonchev–Trinajstić information content (AvgIpc) is 2.77. The van der Waals surface area contributed by atoms with Crippen LogP contribution in [0.2, 0.25) is 0 Å². The van der Waals surface area contributed by atoms with Crippen LogP contribution in [0.3, 0.4) is 0 Å². The standard InChI is InChI=1S/C11H6BrFN2O3S/c12-6-4-5-19-10(6)11(16)14-9-7(13)2-1-3-8(9)15(17)18/h1-5H,(H,14,16). The number of anilines is 1. The van der Waals surface area contributed by atoms with Crippen molar-refractivity contribution in [1.82, 2.24) is 0 Å². The van der Waals surface area contributed by atoms with Crippen LogP contribution in [-0.2, 0) is 0 Å². The number of thiophene rings is 1. The van der Waals surface area contributed by atoms with Crippen LogP contribution in [0.25, 0.3) is 0 Å². The largest absolute Gasteiger partial charge is 0.313 e. The molecule has 1 N–H and O–H groups in total. The fourth-order valence-corrected chi connectivity index (χ4v) is 2.86. The molecule has 1 amide bonds. The first-order valence-electron chi connectivity index (χ1n) is 4.98. The Morgan fingerprint density at radius 3 is 2.74 bits per heavy atom. The van der Waals surface area contributed by atoms with Crippen molar-refractivity contribution in [3.05, 3.63) is 54.9 Å². The molecule has 0 fully saturated rings. The van der Waals surface area contributed by atoms with Gasteiger partial charge in [0.1, 0.15) is 4.88 Å². The minimum Gasteiger partial charge on any atom is -0.313 e. The summed E-state index contributed by atoms with van der Waals surface area (Å²) < 4.78 is 14.1. The zero-order valence-corrected chi connectivity index (χ0v) is 11.6. The molecule has 19 heavy (non-hydrogen) atoms. The Morgan fingerprint density at radius 1 is 1.42 bits per heavy atom. The highest BCUT2D eigenvalue weighted by Gasteiger charge is 2.21. The molecular weight excluding hydrogens is 339 g/mol. The Morgan fingerprint density at radius 2 is 2.16 bits per heavy atom. The molecule has 0 aliphatic heterocycles. The SMILES string of the molecule is O=C(Nc1c(F)cccc1[N+](=O)[O-])c1sccc1Br. The summed E-state index contributed by atoms with van der Waals surface area (Å²) in [6.45, 7) is 0. The first-order chi connectivity index (χ1) is 9.00. The highest BCUT2D eigenvalue weighted by atomic mass is 79.9. The van der Waals surface area contributed by atoms with Crippen LogP contribution in [0.4, 0.5) is 15.8 Å². The smallest absolute Gasteiger partial charge is 0.295 e. The van der Waals surface area contributed by atoms with Crippen molar-refractivity contribution in [3.63, 3.8) is 0 Å². The molecule has 0 saturated heterocycles. The van der Waals surface area contributed by atoms with Crippen molar-refractivity contribution < 1.29 is 14.1 Å². The van der Waals surface area contributed by atoms with Crippen LogP contribution in [0.1, 0.15) is 9.67 Å². The summed E-state index contributed by atoms with van der Waals surface area (Å²) in [7, 11) is 0. The third-order valence-electron chi connectivity index (χ3n) is 2.25. The van der Waals surface area contributed by atoms with Crippen LogP contribution >= 0.6 is 27.3 Å². The molecule has 0 bridgehead atoms. The molecule has 0 aliphatic carbocycles. The van der Waals surface area contributed by atoms with Crippen LogP contribution in [-0.4, -0.2) is 10.8 Å². The maximum absolute atomic E-state index is 13.6. The lowest BCUT2D eigenvalue weighted by Gasteiger charge is -2.06. The summed E-state index contributed by atoms with van der Waals surface area (Å²) in [5.41, 5.74) is -0.918. The first kappa shape index (κ1) is 13.6. The van der Waals surface area contributed by atoms with E-state index in [-0.39, 0.29) is 0 Å². The van der Waals surface area contributed by atoms with Crippen LogP contribution in [0.5, 0.6) is 0 Å². The molecule has 5 nitrogen and oxygen atoms in total. The van der Waals surface area contributed by atoms with E-state index in [1.165, 1.54) is 6.07 Å². The highest BCUT2D eigenvalue weighted by Crippen LogP contribution is 2.29. The van der Waals surface area contributed by atoms with E-state index >= 15 is 0 Å². The third-order valence-corrected chi connectivity index (χ3v) is 4.09. The molecule has 2 aromatic rings. The van der Waals surface area contributed by atoms with E-state index in [9.17, 15) is 19.3 Å². The number of rotatable bonds is 3. The van der Waals surface area contributed by atoms with Crippen molar-refractivity contribution in [2.45, 2.75) is 0 Å². The van der Waals surface area contributed by atoms with Gasteiger partial charge in [-0.05, 0) is 33.4 Å². The van der Waals surface area contributed by atoms with Crippen LogP contribution < -0.4 is 5.32 Å². The number of nitro benzene ring substituents is 1.